The number of hydrogen-bond acceptors (Lipinski definition) is 3. The fourth-order valence-electron chi connectivity index (χ4n) is 2.76. The van der Waals surface area contributed by atoms with Gasteiger partial charge in [0.05, 0.1) is 19.3 Å². The lowest BCUT2D eigenvalue weighted by Crippen LogP contribution is -2.38. The third kappa shape index (κ3) is 3.95. The highest BCUT2D eigenvalue weighted by molar-refractivity contribution is 5.27. The second-order valence-corrected chi connectivity index (χ2v) is 5.34. The average molecular weight is 263 g/mol. The first-order valence-corrected chi connectivity index (χ1v) is 7.18. The van der Waals surface area contributed by atoms with Gasteiger partial charge in [0.15, 0.2) is 0 Å². The average Bonchev–Trinajstić information content (AvgIpc) is 2.87. The maximum absolute atomic E-state index is 5.96. The van der Waals surface area contributed by atoms with Crippen molar-refractivity contribution >= 4 is 0 Å². The Morgan fingerprint density at radius 3 is 2.58 bits per heavy atom. The molecule has 1 heterocycles. The van der Waals surface area contributed by atoms with Crippen molar-refractivity contribution in [2.75, 3.05) is 14.2 Å². The molecule has 3 atom stereocenters. The summed E-state index contributed by atoms with van der Waals surface area (Å²) >= 11 is 0. The van der Waals surface area contributed by atoms with Crippen molar-refractivity contribution in [3.63, 3.8) is 0 Å². The van der Waals surface area contributed by atoms with Crippen LogP contribution in [-0.4, -0.2) is 32.4 Å². The monoisotopic (exact) mass is 263 g/mol. The molecule has 19 heavy (non-hydrogen) atoms. The molecular weight excluding hydrogens is 238 g/mol. The largest absolute Gasteiger partial charge is 0.497 e. The number of likely N-dealkylation sites (N-methyl/N-ethyl adjacent to an activating group) is 1. The summed E-state index contributed by atoms with van der Waals surface area (Å²) in [5, 5.41) is 3.41. The number of benzene rings is 1. The van der Waals surface area contributed by atoms with Crippen LogP contribution in [0.3, 0.4) is 0 Å². The molecule has 106 valence electrons. The van der Waals surface area contributed by atoms with Gasteiger partial charge in [-0.1, -0.05) is 12.1 Å². The van der Waals surface area contributed by atoms with E-state index in [-0.39, 0.29) is 0 Å². The Balaban J connectivity index is 1.85. The molecule has 2 rings (SSSR count). The highest BCUT2D eigenvalue weighted by Crippen LogP contribution is 2.24. The number of nitrogens with one attached hydrogen (secondary N) is 1. The van der Waals surface area contributed by atoms with Gasteiger partial charge >= 0.3 is 0 Å². The minimum atomic E-state index is 0.373. The maximum Gasteiger partial charge on any atom is 0.118 e. The quantitative estimate of drug-likeness (QED) is 0.856. The smallest absolute Gasteiger partial charge is 0.118 e. The second-order valence-electron chi connectivity index (χ2n) is 5.34. The fraction of sp³-hybridized carbons (Fsp3) is 0.625. The molecule has 3 heteroatoms. The lowest BCUT2D eigenvalue weighted by molar-refractivity contribution is 0.0319. The van der Waals surface area contributed by atoms with Crippen molar-refractivity contribution in [2.24, 2.45) is 0 Å². The molecule has 1 aliphatic rings. The van der Waals surface area contributed by atoms with Crippen LogP contribution in [0.4, 0.5) is 0 Å². The number of ether oxygens (including phenoxy) is 2. The topological polar surface area (TPSA) is 30.5 Å². The van der Waals surface area contributed by atoms with Crippen LogP contribution in [0.5, 0.6) is 5.75 Å². The normalized spacial score (nSPS) is 24.4. The Kier molecular flexibility index (Phi) is 5.23. The van der Waals surface area contributed by atoms with Crippen molar-refractivity contribution in [1.82, 2.24) is 5.32 Å². The lowest BCUT2D eigenvalue weighted by atomic mass is 9.99. The highest BCUT2D eigenvalue weighted by Gasteiger charge is 2.28. The predicted octanol–water partition coefficient (Wildman–Crippen LogP) is 2.78. The zero-order valence-corrected chi connectivity index (χ0v) is 12.2. The summed E-state index contributed by atoms with van der Waals surface area (Å²) in [6.45, 7) is 2.16. The predicted molar refractivity (Wildman–Crippen MR) is 77.7 cm³/mol. The summed E-state index contributed by atoms with van der Waals surface area (Å²) < 4.78 is 11.1. The maximum atomic E-state index is 5.96. The van der Waals surface area contributed by atoms with Gasteiger partial charge in [-0.25, -0.2) is 0 Å². The molecule has 0 bridgehead atoms. The molecule has 3 unspecified atom stereocenters. The van der Waals surface area contributed by atoms with Crippen LogP contribution in [0.1, 0.15) is 31.7 Å². The van der Waals surface area contributed by atoms with E-state index in [4.69, 9.17) is 9.47 Å². The molecule has 0 radical (unpaired) electrons. The van der Waals surface area contributed by atoms with E-state index in [1.807, 2.05) is 19.2 Å². The number of methoxy groups -OCH3 is 1. The summed E-state index contributed by atoms with van der Waals surface area (Å²) in [7, 11) is 3.73. The molecule has 1 aromatic rings. The SMILES string of the molecule is CNC(CCc1ccc(OC)cc1)C1CCC(C)O1. The molecule has 3 nitrogen and oxygen atoms in total. The lowest BCUT2D eigenvalue weighted by Gasteiger charge is -2.23. The first-order valence-electron chi connectivity index (χ1n) is 7.18. The molecule has 1 aromatic carbocycles. The van der Waals surface area contributed by atoms with E-state index >= 15 is 0 Å². The summed E-state index contributed by atoms with van der Waals surface area (Å²) in [4.78, 5) is 0. The zero-order valence-electron chi connectivity index (χ0n) is 12.2. The Bertz CT molecular complexity index is 377. The van der Waals surface area contributed by atoms with Gasteiger partial charge in [0.25, 0.3) is 0 Å². The van der Waals surface area contributed by atoms with E-state index < -0.39 is 0 Å². The van der Waals surface area contributed by atoms with Gasteiger partial charge in [0.2, 0.25) is 0 Å². The van der Waals surface area contributed by atoms with Gasteiger partial charge in [-0.05, 0) is 57.4 Å². The molecule has 0 aliphatic carbocycles. The zero-order chi connectivity index (χ0) is 13.7. The molecule has 0 saturated carbocycles. The van der Waals surface area contributed by atoms with Gasteiger partial charge in [-0.3, -0.25) is 0 Å². The highest BCUT2D eigenvalue weighted by atomic mass is 16.5. The molecule has 1 saturated heterocycles. The van der Waals surface area contributed by atoms with Crippen molar-refractivity contribution in [2.45, 2.75) is 50.9 Å². The third-order valence-corrected chi connectivity index (χ3v) is 3.99. The summed E-state index contributed by atoms with van der Waals surface area (Å²) in [5.74, 6) is 0.918. The van der Waals surface area contributed by atoms with Gasteiger partial charge < -0.3 is 14.8 Å². The second kappa shape index (κ2) is 6.92. The van der Waals surface area contributed by atoms with E-state index in [1.54, 1.807) is 7.11 Å². The van der Waals surface area contributed by atoms with E-state index in [0.29, 0.717) is 18.2 Å². The van der Waals surface area contributed by atoms with E-state index in [1.165, 1.54) is 18.4 Å². The van der Waals surface area contributed by atoms with Crippen LogP contribution in [0, 0.1) is 0 Å². The van der Waals surface area contributed by atoms with Crippen LogP contribution in [0.2, 0.25) is 0 Å². The Labute approximate surface area is 116 Å². The Hall–Kier alpha value is -1.06. The van der Waals surface area contributed by atoms with Crippen molar-refractivity contribution in [1.29, 1.82) is 0 Å². The van der Waals surface area contributed by atoms with Gasteiger partial charge in [0.1, 0.15) is 5.75 Å². The van der Waals surface area contributed by atoms with Gasteiger partial charge in [-0.2, -0.15) is 0 Å². The first-order chi connectivity index (χ1) is 9.22. The fourth-order valence-corrected chi connectivity index (χ4v) is 2.76. The number of hydrogen-bond donors (Lipinski definition) is 1. The van der Waals surface area contributed by atoms with Crippen molar-refractivity contribution in [3.8, 4) is 5.75 Å². The van der Waals surface area contributed by atoms with Gasteiger partial charge in [0, 0.05) is 6.04 Å². The van der Waals surface area contributed by atoms with Crippen molar-refractivity contribution in [3.05, 3.63) is 29.8 Å². The number of aryl methyl sites for hydroxylation is 1. The van der Waals surface area contributed by atoms with E-state index in [9.17, 15) is 0 Å². The molecule has 0 aromatic heterocycles. The molecular formula is C16H25NO2. The summed E-state index contributed by atoms with van der Waals surface area (Å²) in [5.41, 5.74) is 1.35. The van der Waals surface area contributed by atoms with E-state index in [0.717, 1.165) is 18.6 Å². The van der Waals surface area contributed by atoms with Gasteiger partial charge in [-0.15, -0.1) is 0 Å². The molecule has 0 spiro atoms. The van der Waals surface area contributed by atoms with Crippen LogP contribution >= 0.6 is 0 Å². The third-order valence-electron chi connectivity index (χ3n) is 3.99. The Morgan fingerprint density at radius 2 is 2.05 bits per heavy atom. The van der Waals surface area contributed by atoms with Crippen LogP contribution in [0.25, 0.3) is 0 Å². The molecule has 0 amide bonds. The standard InChI is InChI=1S/C16H25NO2/c1-12-4-11-16(19-12)15(17-2)10-7-13-5-8-14(18-3)9-6-13/h5-6,8-9,12,15-17H,4,7,10-11H2,1-3H3. The minimum absolute atomic E-state index is 0.373. The Morgan fingerprint density at radius 1 is 1.32 bits per heavy atom. The molecule has 1 N–H and O–H groups in total. The number of rotatable bonds is 6. The van der Waals surface area contributed by atoms with E-state index in [2.05, 4.69) is 24.4 Å². The molecule has 1 fully saturated rings. The van der Waals surface area contributed by atoms with Crippen LogP contribution < -0.4 is 10.1 Å². The minimum Gasteiger partial charge on any atom is -0.497 e. The summed E-state index contributed by atoms with van der Waals surface area (Å²) in [6, 6.07) is 8.79. The van der Waals surface area contributed by atoms with Crippen molar-refractivity contribution < 1.29 is 9.47 Å². The molecule has 1 aliphatic heterocycles. The first kappa shape index (κ1) is 14.4. The van der Waals surface area contributed by atoms with Crippen LogP contribution in [-0.2, 0) is 11.2 Å². The van der Waals surface area contributed by atoms with Crippen LogP contribution in [0.15, 0.2) is 24.3 Å². The summed E-state index contributed by atoms with van der Waals surface area (Å²) in [6.07, 6.45) is 5.34.